The molecule has 1 aliphatic carbocycles. The molecule has 1 aromatic carbocycles. The number of benzene rings is 1. The summed E-state index contributed by atoms with van der Waals surface area (Å²) in [6.07, 6.45) is 6.38. The van der Waals surface area contributed by atoms with Crippen LogP contribution in [-0.2, 0) is 6.42 Å². The third-order valence-corrected chi connectivity index (χ3v) is 4.15. The van der Waals surface area contributed by atoms with Gasteiger partial charge in [0.25, 0.3) is 0 Å². The number of rotatable bonds is 1. The van der Waals surface area contributed by atoms with Crippen molar-refractivity contribution in [3.05, 3.63) is 58.9 Å². The highest BCUT2D eigenvalue weighted by Crippen LogP contribution is 2.31. The molecule has 0 unspecified atom stereocenters. The van der Waals surface area contributed by atoms with E-state index in [1.165, 1.54) is 22.4 Å². The molecule has 0 fully saturated rings. The molecule has 124 valence electrons. The molecule has 4 rings (SSSR count). The zero-order valence-corrected chi connectivity index (χ0v) is 13.9. The smallest absolute Gasteiger partial charge is 0.222 e. The van der Waals surface area contributed by atoms with Crippen molar-refractivity contribution in [2.75, 3.05) is 0 Å². The van der Waals surface area contributed by atoms with Gasteiger partial charge in [0.1, 0.15) is 11.7 Å². The maximum Gasteiger partial charge on any atom is 0.409 e. The van der Waals surface area contributed by atoms with Gasteiger partial charge in [-0.2, -0.15) is 0 Å². The van der Waals surface area contributed by atoms with E-state index in [1.54, 1.807) is 11.3 Å². The first kappa shape index (κ1) is 16.9. The predicted octanol–water partition coefficient (Wildman–Crippen LogP) is -1.99. The van der Waals surface area contributed by atoms with Crippen LogP contribution in [0, 0.1) is 10.2 Å². The van der Waals surface area contributed by atoms with Gasteiger partial charge in [0.2, 0.25) is 0 Å². The second-order valence-electron chi connectivity index (χ2n) is 5.02. The molecule has 0 bridgehead atoms. The fourth-order valence-corrected chi connectivity index (χ4v) is 3.18. The molecular formula is C15H12ClN3O4S. The van der Waals surface area contributed by atoms with E-state index in [0.29, 0.717) is 0 Å². The maximum atomic E-state index is 8.49. The molecule has 0 saturated carbocycles. The number of nitrogens with zero attached hydrogens (tertiary/aromatic N) is 3. The Morgan fingerprint density at radius 2 is 1.79 bits per heavy atom. The van der Waals surface area contributed by atoms with Gasteiger partial charge in [-0.25, -0.2) is 18.6 Å². The van der Waals surface area contributed by atoms with Gasteiger partial charge in [0, 0.05) is 11.1 Å². The maximum absolute atomic E-state index is 8.49. The lowest BCUT2D eigenvalue weighted by Gasteiger charge is -2.17. The summed E-state index contributed by atoms with van der Waals surface area (Å²) in [7, 11) is -4.94. The topological polar surface area (TPSA) is 122 Å². The molecule has 0 N–H and O–H groups in total. The van der Waals surface area contributed by atoms with E-state index < -0.39 is 10.2 Å². The summed E-state index contributed by atoms with van der Waals surface area (Å²) < 4.78 is 35.9. The van der Waals surface area contributed by atoms with Crippen molar-refractivity contribution in [2.24, 2.45) is 0 Å². The summed E-state index contributed by atoms with van der Waals surface area (Å²) in [5.74, 6) is 0. The highest BCUT2D eigenvalue weighted by molar-refractivity contribution is 7.14. The van der Waals surface area contributed by atoms with Crippen LogP contribution in [0.1, 0.15) is 23.2 Å². The van der Waals surface area contributed by atoms with Crippen molar-refractivity contribution in [1.29, 1.82) is 0 Å². The van der Waals surface area contributed by atoms with Gasteiger partial charge in [-0.05, 0) is 40.8 Å². The molecule has 0 aliphatic heterocycles. The van der Waals surface area contributed by atoms with Crippen LogP contribution < -0.4 is 23.2 Å². The molecule has 0 radical (unpaired) electrons. The molecule has 2 aromatic heterocycles. The molecule has 0 amide bonds. The van der Waals surface area contributed by atoms with E-state index in [1.807, 2.05) is 22.3 Å². The van der Waals surface area contributed by atoms with Crippen LogP contribution in [-0.4, -0.2) is 10.1 Å². The van der Waals surface area contributed by atoms with E-state index in [-0.39, 0.29) is 0 Å². The normalized spacial score (nSPS) is 15.2. The quantitative estimate of drug-likeness (QED) is 0.460. The minimum Gasteiger partial charge on any atom is -0.222 e. The average Bonchev–Trinajstić information content (AvgIpc) is 3.12. The third kappa shape index (κ3) is 4.12. The van der Waals surface area contributed by atoms with Crippen molar-refractivity contribution < 1.29 is 33.4 Å². The predicted molar refractivity (Wildman–Crippen MR) is 75.7 cm³/mol. The van der Waals surface area contributed by atoms with Gasteiger partial charge in [-0.15, -0.1) is 10.2 Å². The van der Waals surface area contributed by atoms with Crippen LogP contribution in [0.4, 0.5) is 0 Å². The van der Waals surface area contributed by atoms with Crippen LogP contribution in [0.3, 0.4) is 0 Å². The molecule has 3 aromatic rings. The molecule has 0 atom stereocenters. The Balaban J connectivity index is 0.000000300. The van der Waals surface area contributed by atoms with Gasteiger partial charge in [0.05, 0.1) is 0 Å². The van der Waals surface area contributed by atoms with E-state index in [0.717, 1.165) is 17.8 Å². The second-order valence-corrected chi connectivity index (χ2v) is 6.59. The van der Waals surface area contributed by atoms with Crippen molar-refractivity contribution in [3.8, 4) is 0 Å². The van der Waals surface area contributed by atoms with E-state index in [9.17, 15) is 0 Å². The zero-order chi connectivity index (χ0) is 17.2. The number of halogens is 1. The largest absolute Gasteiger partial charge is 0.409 e. The summed E-state index contributed by atoms with van der Waals surface area (Å²) in [5.41, 5.74) is 6.97. The van der Waals surface area contributed by atoms with Gasteiger partial charge < -0.3 is 0 Å². The molecule has 24 heavy (non-hydrogen) atoms. The Hall–Kier alpha value is -1.94. The Kier molecular flexibility index (Phi) is 4.86. The van der Waals surface area contributed by atoms with E-state index in [4.69, 9.17) is 18.6 Å². The molecule has 1 aliphatic rings. The summed E-state index contributed by atoms with van der Waals surface area (Å²) in [6, 6.07) is 10.5. The summed E-state index contributed by atoms with van der Waals surface area (Å²) in [6.45, 7) is 0. The van der Waals surface area contributed by atoms with E-state index in [2.05, 4.69) is 40.4 Å². The van der Waals surface area contributed by atoms with Crippen molar-refractivity contribution in [1.82, 2.24) is 10.1 Å². The molecular weight excluding hydrogens is 354 g/mol. The minimum absolute atomic E-state index is 0.958. The average molecular weight is 366 g/mol. The van der Waals surface area contributed by atoms with Crippen LogP contribution >= 0.6 is 11.3 Å². The molecule has 2 heterocycles. The van der Waals surface area contributed by atoms with Gasteiger partial charge in [-0.3, -0.25) is 0 Å². The Morgan fingerprint density at radius 1 is 1.08 bits per heavy atom. The number of aryl methyl sites for hydroxylation is 1. The zero-order valence-electron chi connectivity index (χ0n) is 12.3. The van der Waals surface area contributed by atoms with Gasteiger partial charge in [0.15, 0.2) is 5.69 Å². The molecule has 0 spiro atoms. The second kappa shape index (κ2) is 6.89. The first-order valence-electron chi connectivity index (χ1n) is 6.93. The Bertz CT molecular complexity index is 871. The number of hydrogen-bond donors (Lipinski definition) is 0. The van der Waals surface area contributed by atoms with Crippen LogP contribution in [0.25, 0.3) is 16.6 Å². The number of allylic oxidation sites excluding steroid dienone is 1. The fourth-order valence-electron chi connectivity index (χ4n) is 2.59. The number of fused-ring (bicyclic) bond motifs is 3. The molecule has 7 nitrogen and oxygen atoms in total. The van der Waals surface area contributed by atoms with Crippen LogP contribution in [0.2, 0.25) is 0 Å². The summed E-state index contributed by atoms with van der Waals surface area (Å²) >= 11 is 1.58. The van der Waals surface area contributed by atoms with Gasteiger partial charge >= 0.3 is 4.96 Å². The monoisotopic (exact) mass is 365 g/mol. The Morgan fingerprint density at radius 3 is 2.50 bits per heavy atom. The summed E-state index contributed by atoms with van der Waals surface area (Å²) in [4.78, 5) is 5.40. The van der Waals surface area contributed by atoms with Crippen LogP contribution in [0.5, 0.6) is 0 Å². The lowest BCUT2D eigenvalue weighted by atomic mass is 10.1. The third-order valence-electron chi connectivity index (χ3n) is 3.46. The van der Waals surface area contributed by atoms with Crippen molar-refractivity contribution in [3.63, 3.8) is 0 Å². The molecule has 9 heteroatoms. The first-order valence-corrected chi connectivity index (χ1v) is 9.04. The van der Waals surface area contributed by atoms with E-state index >= 15 is 0 Å². The fraction of sp³-hybridized carbons (Fsp3) is 0.133. The van der Waals surface area contributed by atoms with Crippen molar-refractivity contribution in [2.45, 2.75) is 12.8 Å². The highest BCUT2D eigenvalue weighted by Gasteiger charge is 2.27. The summed E-state index contributed by atoms with van der Waals surface area (Å²) in [5, 5.41) is 4.41. The van der Waals surface area contributed by atoms with Crippen LogP contribution in [0.15, 0.2) is 42.0 Å². The highest BCUT2D eigenvalue weighted by atomic mass is 35.7. The number of aromatic nitrogens is 3. The van der Waals surface area contributed by atoms with Gasteiger partial charge in [-0.1, -0.05) is 39.9 Å². The molecule has 0 saturated heterocycles. The lowest BCUT2D eigenvalue weighted by Crippen LogP contribution is -2.68. The number of hydrogen-bond acceptors (Lipinski definition) is 7. The standard InChI is InChI=1S/C15H12N3S.ClHO4/c1-2-4-11(5-3-1)8-12-6-7-13-9-16-15-18(14(12)13)17-10-19-15;2-1(3,4)5/h1-5,8-10H,6-7H2;(H,2,3,4,5)/q+1;/p-1. The minimum atomic E-state index is -4.94. The van der Waals surface area contributed by atoms with Crippen molar-refractivity contribution >= 4 is 27.9 Å². The lowest BCUT2D eigenvalue weighted by molar-refractivity contribution is -2.00. The first-order chi connectivity index (χ1) is 11.4. The Labute approximate surface area is 143 Å². The SMILES string of the molecule is C(=C1CCc2cnc3scn[n+]3c21)c1ccccc1.[O-][Cl+3]([O-])([O-])[O-].